The molecule has 8 heteroatoms. The molecule has 2 heterocycles. The van der Waals surface area contributed by atoms with Crippen LogP contribution in [0, 0.1) is 5.92 Å². The highest BCUT2D eigenvalue weighted by molar-refractivity contribution is 7.18. The van der Waals surface area contributed by atoms with E-state index in [1.54, 1.807) is 12.1 Å². The van der Waals surface area contributed by atoms with Crippen LogP contribution >= 0.6 is 11.3 Å². The number of nitrogens with one attached hydrogen (secondary N) is 3. The molecule has 164 valence electrons. The molecule has 1 aliphatic carbocycles. The second kappa shape index (κ2) is 9.51. The van der Waals surface area contributed by atoms with Gasteiger partial charge in [0.2, 0.25) is 11.8 Å². The summed E-state index contributed by atoms with van der Waals surface area (Å²) in [5.74, 6) is -0.246. The maximum atomic E-state index is 12.5. The Hall–Kier alpha value is -2.87. The van der Waals surface area contributed by atoms with Crippen molar-refractivity contribution in [2.24, 2.45) is 5.92 Å². The molecule has 1 aromatic carbocycles. The number of hydrogen-bond donors (Lipinski definition) is 3. The van der Waals surface area contributed by atoms with E-state index in [9.17, 15) is 14.4 Å². The zero-order valence-corrected chi connectivity index (χ0v) is 18.5. The van der Waals surface area contributed by atoms with Crippen LogP contribution in [-0.2, 0) is 9.59 Å². The van der Waals surface area contributed by atoms with Gasteiger partial charge in [-0.3, -0.25) is 14.4 Å². The number of hydrogen-bond acceptors (Lipinski definition) is 5. The summed E-state index contributed by atoms with van der Waals surface area (Å²) in [6.45, 7) is 3.91. The normalized spacial score (nSPS) is 16.6. The molecular weight excluding hydrogens is 412 g/mol. The summed E-state index contributed by atoms with van der Waals surface area (Å²) in [5, 5.41) is 9.31. The van der Waals surface area contributed by atoms with E-state index >= 15 is 0 Å². The van der Waals surface area contributed by atoms with Gasteiger partial charge in [0.15, 0.2) is 0 Å². The predicted molar refractivity (Wildman–Crippen MR) is 124 cm³/mol. The van der Waals surface area contributed by atoms with E-state index in [0.717, 1.165) is 37.3 Å². The first-order valence-corrected chi connectivity index (χ1v) is 11.7. The van der Waals surface area contributed by atoms with Crippen LogP contribution in [0.1, 0.15) is 48.7 Å². The smallest absolute Gasteiger partial charge is 0.261 e. The Bertz CT molecular complexity index is 963. The van der Waals surface area contributed by atoms with Crippen molar-refractivity contribution in [3.05, 3.63) is 41.3 Å². The lowest BCUT2D eigenvalue weighted by Gasteiger charge is -2.19. The molecule has 1 aromatic heterocycles. The molecule has 1 aliphatic heterocycles. The monoisotopic (exact) mass is 440 g/mol. The molecule has 1 saturated heterocycles. The van der Waals surface area contributed by atoms with E-state index in [4.69, 9.17) is 0 Å². The molecule has 3 N–H and O–H groups in total. The van der Waals surface area contributed by atoms with Crippen molar-refractivity contribution in [2.75, 3.05) is 28.6 Å². The quantitative estimate of drug-likeness (QED) is 0.582. The summed E-state index contributed by atoms with van der Waals surface area (Å²) in [4.78, 5) is 39.6. The van der Waals surface area contributed by atoms with Crippen LogP contribution in [0.25, 0.3) is 0 Å². The number of anilines is 3. The maximum Gasteiger partial charge on any atom is 0.261 e. The third-order valence-electron chi connectivity index (χ3n) is 5.49. The van der Waals surface area contributed by atoms with Crippen LogP contribution in [0.5, 0.6) is 0 Å². The minimum absolute atomic E-state index is 0.0210. The second-order valence-electron chi connectivity index (χ2n) is 8.30. The molecule has 0 radical (unpaired) electrons. The van der Waals surface area contributed by atoms with Crippen molar-refractivity contribution in [3.63, 3.8) is 0 Å². The van der Waals surface area contributed by atoms with Gasteiger partial charge in [-0.1, -0.05) is 6.07 Å². The average Bonchev–Trinajstić information content (AvgIpc) is 3.23. The highest BCUT2D eigenvalue weighted by atomic mass is 32.1. The van der Waals surface area contributed by atoms with Crippen molar-refractivity contribution >= 4 is 45.4 Å². The molecule has 2 fully saturated rings. The third kappa shape index (κ3) is 5.85. The standard InChI is InChI=1S/C23H28N4O3S/c1-15(24-23(30)19-9-10-21(31-19)26-22(29)16-7-8-16)13-20(28)25-17-5-4-6-18(14-17)27-11-2-3-12-27/h4-6,9-10,14-16H,2-3,7-8,11-13H2,1H3,(H,24,30)(H,25,28)(H,26,29). The first-order chi connectivity index (χ1) is 15.0. The van der Waals surface area contributed by atoms with E-state index in [0.29, 0.717) is 9.88 Å². The summed E-state index contributed by atoms with van der Waals surface area (Å²) in [7, 11) is 0. The van der Waals surface area contributed by atoms with Crippen molar-refractivity contribution in [3.8, 4) is 0 Å². The Balaban J connectivity index is 1.25. The van der Waals surface area contributed by atoms with Gasteiger partial charge in [-0.25, -0.2) is 0 Å². The Labute approximate surface area is 186 Å². The number of benzene rings is 1. The molecule has 7 nitrogen and oxygen atoms in total. The van der Waals surface area contributed by atoms with E-state index in [1.807, 2.05) is 25.1 Å². The molecule has 2 aromatic rings. The molecule has 3 amide bonds. The fourth-order valence-electron chi connectivity index (χ4n) is 3.69. The fourth-order valence-corrected chi connectivity index (χ4v) is 4.50. The molecule has 31 heavy (non-hydrogen) atoms. The lowest BCUT2D eigenvalue weighted by atomic mass is 10.2. The number of rotatable bonds is 8. The van der Waals surface area contributed by atoms with Gasteiger partial charge in [0.05, 0.1) is 9.88 Å². The first kappa shape index (κ1) is 21.4. The minimum atomic E-state index is -0.319. The van der Waals surface area contributed by atoms with Crippen LogP contribution in [0.15, 0.2) is 36.4 Å². The summed E-state index contributed by atoms with van der Waals surface area (Å²) in [6, 6.07) is 11.0. The Morgan fingerprint density at radius 3 is 2.61 bits per heavy atom. The number of amides is 3. The van der Waals surface area contributed by atoms with Crippen molar-refractivity contribution in [1.29, 1.82) is 0 Å². The molecule has 4 rings (SSSR count). The third-order valence-corrected chi connectivity index (χ3v) is 6.49. The van der Waals surface area contributed by atoms with Gasteiger partial charge in [-0.2, -0.15) is 0 Å². The van der Waals surface area contributed by atoms with Gasteiger partial charge >= 0.3 is 0 Å². The van der Waals surface area contributed by atoms with Crippen LogP contribution in [0.4, 0.5) is 16.4 Å². The fraction of sp³-hybridized carbons (Fsp3) is 0.435. The van der Waals surface area contributed by atoms with Gasteiger partial charge in [-0.05, 0) is 62.9 Å². The molecule has 0 spiro atoms. The van der Waals surface area contributed by atoms with Gasteiger partial charge in [0.25, 0.3) is 5.91 Å². The van der Waals surface area contributed by atoms with Gasteiger partial charge < -0.3 is 20.9 Å². The highest BCUT2D eigenvalue weighted by Gasteiger charge is 2.30. The predicted octanol–water partition coefficient (Wildman–Crippen LogP) is 3.84. The van der Waals surface area contributed by atoms with Gasteiger partial charge in [0.1, 0.15) is 0 Å². The summed E-state index contributed by atoms with van der Waals surface area (Å²) in [5.41, 5.74) is 1.89. The van der Waals surface area contributed by atoms with E-state index < -0.39 is 0 Å². The SMILES string of the molecule is CC(CC(=O)Nc1cccc(N2CCCC2)c1)NC(=O)c1ccc(NC(=O)C2CC2)s1. The first-order valence-electron chi connectivity index (χ1n) is 10.8. The molecule has 1 atom stereocenters. The molecule has 2 aliphatic rings. The zero-order chi connectivity index (χ0) is 21.8. The lowest BCUT2D eigenvalue weighted by Crippen LogP contribution is -2.35. The summed E-state index contributed by atoms with van der Waals surface area (Å²) in [6.07, 6.45) is 4.45. The number of carbonyl (C=O) groups excluding carboxylic acids is 3. The molecule has 0 bridgehead atoms. The van der Waals surface area contributed by atoms with Crippen LogP contribution in [-0.4, -0.2) is 36.9 Å². The van der Waals surface area contributed by atoms with Gasteiger partial charge in [-0.15, -0.1) is 11.3 Å². The Kier molecular flexibility index (Phi) is 6.56. The zero-order valence-electron chi connectivity index (χ0n) is 17.6. The topological polar surface area (TPSA) is 90.5 Å². The van der Waals surface area contributed by atoms with E-state index in [1.165, 1.54) is 24.2 Å². The van der Waals surface area contributed by atoms with Crippen molar-refractivity contribution in [2.45, 2.75) is 45.1 Å². The second-order valence-corrected chi connectivity index (χ2v) is 9.38. The Morgan fingerprint density at radius 2 is 1.87 bits per heavy atom. The van der Waals surface area contributed by atoms with Crippen LogP contribution in [0.2, 0.25) is 0 Å². The van der Waals surface area contributed by atoms with Crippen molar-refractivity contribution < 1.29 is 14.4 Å². The number of thiophene rings is 1. The van der Waals surface area contributed by atoms with Crippen molar-refractivity contribution in [1.82, 2.24) is 5.32 Å². The average molecular weight is 441 g/mol. The summed E-state index contributed by atoms with van der Waals surface area (Å²) < 4.78 is 0. The largest absolute Gasteiger partial charge is 0.371 e. The lowest BCUT2D eigenvalue weighted by molar-refractivity contribution is -0.117. The number of carbonyl (C=O) groups is 3. The van der Waals surface area contributed by atoms with Gasteiger partial charge in [0, 0.05) is 42.8 Å². The van der Waals surface area contributed by atoms with E-state index in [-0.39, 0.29) is 36.1 Å². The number of nitrogens with zero attached hydrogens (tertiary/aromatic N) is 1. The summed E-state index contributed by atoms with van der Waals surface area (Å²) >= 11 is 1.24. The highest BCUT2D eigenvalue weighted by Crippen LogP contribution is 2.31. The minimum Gasteiger partial charge on any atom is -0.371 e. The molecule has 1 unspecified atom stereocenters. The maximum absolute atomic E-state index is 12.5. The van der Waals surface area contributed by atoms with Crippen LogP contribution in [0.3, 0.4) is 0 Å². The van der Waals surface area contributed by atoms with E-state index in [2.05, 4.69) is 26.9 Å². The molecular formula is C23H28N4O3S. The molecule has 1 saturated carbocycles. The van der Waals surface area contributed by atoms with Crippen LogP contribution < -0.4 is 20.9 Å². The Morgan fingerprint density at radius 1 is 1.10 bits per heavy atom.